The fourth-order valence-electron chi connectivity index (χ4n) is 0.198. The number of hydrazone groups is 1. The van der Waals surface area contributed by atoms with Crippen LogP contribution in [0.4, 0.5) is 4.79 Å². The van der Waals surface area contributed by atoms with Crippen LogP contribution in [0.5, 0.6) is 0 Å². The van der Waals surface area contributed by atoms with Crippen molar-refractivity contribution in [2.24, 2.45) is 10.8 Å². The highest BCUT2D eigenvalue weighted by Gasteiger charge is 2.12. The number of carbonyl (C=O) groups is 1. The Labute approximate surface area is 64.1 Å². The van der Waals surface area contributed by atoms with Crippen LogP contribution in [0, 0.1) is 0 Å². The number of urea groups is 1. The lowest BCUT2D eigenvalue weighted by atomic mass is 11.1. The van der Waals surface area contributed by atoms with Crippen LogP contribution < -0.4 is 5.73 Å². The lowest BCUT2D eigenvalue weighted by molar-refractivity contribution is 0.233. The first-order valence-electron chi connectivity index (χ1n) is 1.88. The summed E-state index contributed by atoms with van der Waals surface area (Å²) in [4.78, 5) is 10.1. The Hall–Kier alpha value is -0.820. The molecule has 8 heteroatoms. The summed E-state index contributed by atoms with van der Waals surface area (Å²) in [6.07, 6.45) is 0. The molecule has 56 valence electrons. The SMILES string of the molecule is NC(=O)N(N=C=S)S(=O)O. The van der Waals surface area contributed by atoms with Crippen molar-refractivity contribution in [2.75, 3.05) is 0 Å². The summed E-state index contributed by atoms with van der Waals surface area (Å²) in [5.41, 5.74) is 4.58. The smallest absolute Gasteiger partial charge is 0.349 e. The van der Waals surface area contributed by atoms with E-state index in [1.807, 2.05) is 0 Å². The monoisotopic (exact) mass is 181 g/mol. The van der Waals surface area contributed by atoms with Crippen molar-refractivity contribution in [3.05, 3.63) is 0 Å². The zero-order valence-corrected chi connectivity index (χ0v) is 6.18. The Morgan fingerprint density at radius 1 is 1.90 bits per heavy atom. The Morgan fingerprint density at radius 3 is 2.50 bits per heavy atom. The molecular weight excluding hydrogens is 178 g/mol. The maximum Gasteiger partial charge on any atom is 0.350 e. The molecule has 0 fully saturated rings. The van der Waals surface area contributed by atoms with Gasteiger partial charge in [0.05, 0.1) is 5.16 Å². The first kappa shape index (κ1) is 9.18. The van der Waals surface area contributed by atoms with E-state index in [0.717, 1.165) is 0 Å². The van der Waals surface area contributed by atoms with Gasteiger partial charge >= 0.3 is 6.03 Å². The molecule has 0 aromatic heterocycles. The lowest BCUT2D eigenvalue weighted by Gasteiger charge is -2.03. The Bertz CT molecular complexity index is 193. The van der Waals surface area contributed by atoms with Gasteiger partial charge in [0.25, 0.3) is 11.3 Å². The fourth-order valence-corrected chi connectivity index (χ4v) is 0.596. The molecule has 0 aromatic carbocycles. The van der Waals surface area contributed by atoms with Crippen LogP contribution >= 0.6 is 12.2 Å². The van der Waals surface area contributed by atoms with Gasteiger partial charge in [-0.25, -0.2) is 9.00 Å². The normalized spacial score (nSPS) is 11.3. The molecule has 1 unspecified atom stereocenters. The van der Waals surface area contributed by atoms with Crippen molar-refractivity contribution in [3.8, 4) is 0 Å². The number of isothiocyanates is 1. The van der Waals surface area contributed by atoms with Crippen LogP contribution in [0.1, 0.15) is 0 Å². The van der Waals surface area contributed by atoms with E-state index < -0.39 is 17.3 Å². The molecule has 0 aromatic rings. The van der Waals surface area contributed by atoms with E-state index in [-0.39, 0.29) is 4.41 Å². The molecule has 2 amide bonds. The molecule has 0 aliphatic heterocycles. The van der Waals surface area contributed by atoms with Gasteiger partial charge in [0.1, 0.15) is 0 Å². The highest BCUT2D eigenvalue weighted by molar-refractivity contribution is 7.78. The molecule has 0 saturated carbocycles. The largest absolute Gasteiger partial charge is 0.350 e. The number of nitrogens with two attached hydrogens (primary N) is 1. The van der Waals surface area contributed by atoms with Crippen molar-refractivity contribution in [2.45, 2.75) is 0 Å². The summed E-state index contributed by atoms with van der Waals surface area (Å²) >= 11 is 1.48. The second kappa shape index (κ2) is 4.07. The molecule has 1 atom stereocenters. The van der Waals surface area contributed by atoms with Gasteiger partial charge in [0.15, 0.2) is 0 Å². The van der Waals surface area contributed by atoms with Crippen molar-refractivity contribution < 1.29 is 13.6 Å². The molecular formula is C2H3N3O3S2. The third kappa shape index (κ3) is 2.65. The van der Waals surface area contributed by atoms with Gasteiger partial charge in [-0.15, -0.1) is 0 Å². The number of amides is 2. The van der Waals surface area contributed by atoms with Gasteiger partial charge in [0.2, 0.25) is 0 Å². The molecule has 0 spiro atoms. The molecule has 0 heterocycles. The quantitative estimate of drug-likeness (QED) is 0.260. The number of hydrogen-bond acceptors (Lipinski definition) is 4. The molecule has 0 bridgehead atoms. The first-order chi connectivity index (χ1) is 4.59. The average molecular weight is 181 g/mol. The van der Waals surface area contributed by atoms with Crippen molar-refractivity contribution in [3.63, 3.8) is 0 Å². The molecule has 3 N–H and O–H groups in total. The van der Waals surface area contributed by atoms with E-state index in [2.05, 4.69) is 23.1 Å². The summed E-state index contributed by atoms with van der Waals surface area (Å²) in [5.74, 6) is 0. The zero-order valence-electron chi connectivity index (χ0n) is 4.55. The summed E-state index contributed by atoms with van der Waals surface area (Å²) in [7, 11) is 0. The van der Waals surface area contributed by atoms with Gasteiger partial charge in [-0.1, -0.05) is 9.52 Å². The summed E-state index contributed by atoms with van der Waals surface area (Å²) in [6, 6.07) is -1.17. The molecule has 0 saturated heterocycles. The maximum atomic E-state index is 10.1. The summed E-state index contributed by atoms with van der Waals surface area (Å²) in [6.45, 7) is 0. The van der Waals surface area contributed by atoms with Crippen molar-refractivity contribution >= 4 is 34.7 Å². The van der Waals surface area contributed by atoms with Gasteiger partial charge in [-0.3, -0.25) is 4.55 Å². The van der Waals surface area contributed by atoms with E-state index in [1.54, 1.807) is 5.16 Å². The molecule has 0 rings (SSSR count). The Morgan fingerprint density at radius 2 is 2.40 bits per heavy atom. The molecule has 0 aliphatic carbocycles. The average Bonchev–Trinajstić information content (AvgIpc) is 1.81. The van der Waals surface area contributed by atoms with Crippen molar-refractivity contribution in [1.82, 2.24) is 4.41 Å². The molecule has 6 nitrogen and oxygen atoms in total. The minimum absolute atomic E-state index is 0.0903. The van der Waals surface area contributed by atoms with Crippen LogP contribution in [0.15, 0.2) is 5.10 Å². The molecule has 0 aliphatic rings. The van der Waals surface area contributed by atoms with Crippen molar-refractivity contribution in [1.29, 1.82) is 0 Å². The van der Waals surface area contributed by atoms with Crippen LogP contribution in [0.25, 0.3) is 0 Å². The van der Waals surface area contributed by atoms with E-state index in [4.69, 9.17) is 4.55 Å². The second-order valence-corrected chi connectivity index (χ2v) is 2.02. The molecule has 10 heavy (non-hydrogen) atoms. The van der Waals surface area contributed by atoms with Gasteiger partial charge in [0, 0.05) is 0 Å². The number of hydrogen-bond donors (Lipinski definition) is 2. The third-order valence-electron chi connectivity index (χ3n) is 0.468. The minimum Gasteiger partial charge on any atom is -0.349 e. The number of nitrogens with zero attached hydrogens (tertiary/aromatic N) is 2. The number of thiocarbonyl (C=S) groups is 1. The van der Waals surface area contributed by atoms with Gasteiger partial charge in [-0.2, -0.15) is 0 Å². The van der Waals surface area contributed by atoms with Crippen LogP contribution in [0.3, 0.4) is 0 Å². The topological polar surface area (TPSA) is 96.0 Å². The highest BCUT2D eigenvalue weighted by atomic mass is 32.2. The Kier molecular flexibility index (Phi) is 3.74. The lowest BCUT2D eigenvalue weighted by Crippen LogP contribution is -2.32. The maximum absolute atomic E-state index is 10.1. The van der Waals surface area contributed by atoms with Gasteiger partial charge in [-0.05, 0) is 12.2 Å². The highest BCUT2D eigenvalue weighted by Crippen LogP contribution is 1.90. The number of primary amides is 1. The number of carbonyl (C=O) groups excluding carboxylic acids is 1. The standard InChI is InChI=1S/C2H3N3O3S2/c3-2(6)5(4-1-9)10(7)8/h(H2,3,6)(H,7,8). The Balaban J connectivity index is 4.41. The van der Waals surface area contributed by atoms with E-state index in [9.17, 15) is 9.00 Å². The minimum atomic E-state index is -2.57. The predicted molar refractivity (Wildman–Crippen MR) is 37.2 cm³/mol. The van der Waals surface area contributed by atoms with E-state index >= 15 is 0 Å². The van der Waals surface area contributed by atoms with Gasteiger partial charge < -0.3 is 5.73 Å². The third-order valence-corrected chi connectivity index (χ3v) is 1.11. The van der Waals surface area contributed by atoms with E-state index in [1.165, 1.54) is 0 Å². The first-order valence-corrected chi connectivity index (χ1v) is 3.35. The summed E-state index contributed by atoms with van der Waals surface area (Å²) < 4.78 is 18.4. The zero-order chi connectivity index (χ0) is 8.15. The number of rotatable bonds is 2. The molecule has 0 radical (unpaired) electrons. The summed E-state index contributed by atoms with van der Waals surface area (Å²) in [5, 5.41) is 4.61. The second-order valence-electron chi connectivity index (χ2n) is 1.03. The van der Waals surface area contributed by atoms with Crippen LogP contribution in [-0.4, -0.2) is 24.4 Å². The van der Waals surface area contributed by atoms with E-state index in [0.29, 0.717) is 0 Å². The predicted octanol–water partition coefficient (Wildman–Crippen LogP) is -0.478. The van der Waals surface area contributed by atoms with Crippen LogP contribution in [-0.2, 0) is 11.3 Å². The fraction of sp³-hybridized carbons (Fsp3) is 0. The van der Waals surface area contributed by atoms with Crippen LogP contribution in [0.2, 0.25) is 0 Å².